The first-order chi connectivity index (χ1) is 16.8. The van der Waals surface area contributed by atoms with Gasteiger partial charge in [-0.15, -0.1) is 5.10 Å². The van der Waals surface area contributed by atoms with Crippen LogP contribution in [-0.4, -0.2) is 49.6 Å². The van der Waals surface area contributed by atoms with Gasteiger partial charge in [0.1, 0.15) is 17.2 Å². The molecule has 8 nitrogen and oxygen atoms in total. The Balaban J connectivity index is 1.58. The van der Waals surface area contributed by atoms with Gasteiger partial charge in [0.2, 0.25) is 5.88 Å². The van der Waals surface area contributed by atoms with Crippen molar-refractivity contribution >= 4 is 0 Å². The van der Waals surface area contributed by atoms with Crippen molar-refractivity contribution in [2.75, 3.05) is 14.2 Å². The third-order valence-electron chi connectivity index (χ3n) is 6.11. The van der Waals surface area contributed by atoms with Crippen molar-refractivity contribution in [2.45, 2.75) is 38.1 Å². The molecule has 0 radical (unpaired) electrons. The largest absolute Gasteiger partial charge is 0.479 e. The maximum Gasteiger partial charge on any atom is 0.416 e. The molecule has 0 amide bonds. The topological polar surface area (TPSA) is 79.9 Å². The number of ether oxygens (including phenoxy) is 2. The summed E-state index contributed by atoms with van der Waals surface area (Å²) in [5, 5.41) is 4.58. The third kappa shape index (κ3) is 4.27. The maximum atomic E-state index is 13.8. The summed E-state index contributed by atoms with van der Waals surface area (Å²) in [6, 6.07) is 9.14. The van der Waals surface area contributed by atoms with E-state index in [1.165, 1.54) is 19.2 Å². The summed E-state index contributed by atoms with van der Waals surface area (Å²) in [6.07, 6.45) is -0.925. The zero-order valence-corrected chi connectivity index (χ0v) is 19.3. The van der Waals surface area contributed by atoms with E-state index < -0.39 is 17.7 Å². The first-order valence-corrected chi connectivity index (χ1v) is 11.0. The fraction of sp³-hybridized carbons (Fsp3) is 0.333. The van der Waals surface area contributed by atoms with Crippen LogP contribution in [0.25, 0.3) is 17.2 Å². The van der Waals surface area contributed by atoms with Crippen molar-refractivity contribution in [3.8, 4) is 23.1 Å². The molecular formula is C24H23F3N6O2. The fourth-order valence-electron chi connectivity index (χ4n) is 4.44. The second-order valence-corrected chi connectivity index (χ2v) is 8.35. The Labute approximate surface area is 199 Å². The average Bonchev–Trinajstić information content (AvgIpc) is 3.48. The number of hydrogen-bond acceptors (Lipinski definition) is 6. The molecule has 182 valence electrons. The number of aromatic nitrogens is 6. The molecule has 2 atom stereocenters. The SMILES string of the molecule is COc1nc(-c2nc3n(n2)CC(OC)CC3c2ccccc2C(F)(F)F)ccc1-n1cnc(C)c1. The van der Waals surface area contributed by atoms with Crippen molar-refractivity contribution < 1.29 is 22.6 Å². The number of nitrogens with zero attached hydrogens (tertiary/aromatic N) is 6. The molecule has 4 aromatic rings. The van der Waals surface area contributed by atoms with Gasteiger partial charge < -0.3 is 14.0 Å². The Kier molecular flexibility index (Phi) is 5.79. The van der Waals surface area contributed by atoms with E-state index in [2.05, 4.69) is 20.1 Å². The summed E-state index contributed by atoms with van der Waals surface area (Å²) in [5.41, 5.74) is 1.45. The molecule has 0 bridgehead atoms. The lowest BCUT2D eigenvalue weighted by Gasteiger charge is -2.30. The van der Waals surface area contributed by atoms with Gasteiger partial charge >= 0.3 is 6.18 Å². The number of hydrogen-bond donors (Lipinski definition) is 0. The Bertz CT molecular complexity index is 1360. The monoisotopic (exact) mass is 484 g/mol. The fourth-order valence-corrected chi connectivity index (χ4v) is 4.44. The van der Waals surface area contributed by atoms with E-state index in [0.717, 1.165) is 11.8 Å². The standard InChI is InChI=1S/C24H23F3N6O2/c1-14-11-32(13-28-14)20-9-8-19(29-23(20)35-3)21-30-22-17(10-15(34-2)12-33(22)31-21)16-6-4-5-7-18(16)24(25,26)27/h4-9,11,13,15,17H,10,12H2,1-3H3. The second-order valence-electron chi connectivity index (χ2n) is 8.35. The van der Waals surface area contributed by atoms with Crippen LogP contribution in [0.3, 0.4) is 0 Å². The Morgan fingerprint density at radius 3 is 2.54 bits per heavy atom. The zero-order valence-electron chi connectivity index (χ0n) is 19.3. The van der Waals surface area contributed by atoms with E-state index in [9.17, 15) is 13.2 Å². The highest BCUT2D eigenvalue weighted by molar-refractivity contribution is 5.55. The lowest BCUT2D eigenvalue weighted by molar-refractivity contribution is -0.138. The highest BCUT2D eigenvalue weighted by atomic mass is 19.4. The smallest absolute Gasteiger partial charge is 0.416 e. The summed E-state index contributed by atoms with van der Waals surface area (Å²) in [7, 11) is 3.06. The van der Waals surface area contributed by atoms with Crippen LogP contribution < -0.4 is 4.74 Å². The highest BCUT2D eigenvalue weighted by Crippen LogP contribution is 2.41. The molecule has 1 aliphatic heterocycles. The average molecular weight is 484 g/mol. The van der Waals surface area contributed by atoms with Gasteiger partial charge in [0.15, 0.2) is 5.82 Å². The van der Waals surface area contributed by atoms with E-state index in [-0.39, 0.29) is 11.7 Å². The number of benzene rings is 1. The molecular weight excluding hydrogens is 461 g/mol. The molecule has 0 N–H and O–H groups in total. The molecule has 11 heteroatoms. The maximum absolute atomic E-state index is 13.8. The minimum Gasteiger partial charge on any atom is -0.479 e. The van der Waals surface area contributed by atoms with Gasteiger partial charge in [-0.05, 0) is 37.1 Å². The van der Waals surface area contributed by atoms with Crippen LogP contribution in [0.5, 0.6) is 5.88 Å². The van der Waals surface area contributed by atoms with Crippen molar-refractivity contribution in [1.29, 1.82) is 0 Å². The van der Waals surface area contributed by atoms with Crippen LogP contribution in [0, 0.1) is 6.92 Å². The Hall–Kier alpha value is -3.73. The minimum atomic E-state index is -4.49. The molecule has 35 heavy (non-hydrogen) atoms. The molecule has 1 aliphatic rings. The molecule has 3 aromatic heterocycles. The first-order valence-electron chi connectivity index (χ1n) is 11.0. The summed E-state index contributed by atoms with van der Waals surface area (Å²) >= 11 is 0. The normalized spacial score (nSPS) is 17.9. The molecule has 0 spiro atoms. The lowest BCUT2D eigenvalue weighted by Crippen LogP contribution is -2.31. The molecule has 4 heterocycles. The second kappa shape index (κ2) is 8.81. The number of halogens is 3. The van der Waals surface area contributed by atoms with E-state index in [1.807, 2.05) is 19.2 Å². The molecule has 0 fully saturated rings. The molecule has 5 rings (SSSR count). The van der Waals surface area contributed by atoms with Crippen molar-refractivity contribution in [3.63, 3.8) is 0 Å². The van der Waals surface area contributed by atoms with Gasteiger partial charge in [0.05, 0.1) is 37.3 Å². The Morgan fingerprint density at radius 2 is 1.86 bits per heavy atom. The number of aryl methyl sites for hydroxylation is 1. The van der Waals surface area contributed by atoms with Crippen LogP contribution in [-0.2, 0) is 17.5 Å². The molecule has 0 aliphatic carbocycles. The third-order valence-corrected chi connectivity index (χ3v) is 6.11. The number of imidazole rings is 1. The summed E-state index contributed by atoms with van der Waals surface area (Å²) in [5.74, 6) is 0.460. The van der Waals surface area contributed by atoms with Crippen molar-refractivity contribution in [1.82, 2.24) is 29.3 Å². The lowest BCUT2D eigenvalue weighted by atomic mass is 9.86. The zero-order chi connectivity index (χ0) is 24.7. The number of alkyl halides is 3. The summed E-state index contributed by atoms with van der Waals surface area (Å²) < 4.78 is 55.8. The molecule has 0 saturated heterocycles. The van der Waals surface area contributed by atoms with Crippen LogP contribution in [0.15, 0.2) is 48.9 Å². The minimum absolute atomic E-state index is 0.151. The summed E-state index contributed by atoms with van der Waals surface area (Å²) in [6.45, 7) is 2.26. The van der Waals surface area contributed by atoms with E-state index in [1.54, 1.807) is 34.8 Å². The quantitative estimate of drug-likeness (QED) is 0.418. The van der Waals surface area contributed by atoms with Crippen LogP contribution in [0.2, 0.25) is 0 Å². The van der Waals surface area contributed by atoms with Gasteiger partial charge in [-0.25, -0.2) is 19.6 Å². The van der Waals surface area contributed by atoms with Crippen LogP contribution in [0.1, 0.15) is 35.0 Å². The predicted molar refractivity (Wildman–Crippen MR) is 120 cm³/mol. The molecule has 1 aromatic carbocycles. The van der Waals surface area contributed by atoms with Gasteiger partial charge in [-0.3, -0.25) is 0 Å². The number of methoxy groups -OCH3 is 2. The van der Waals surface area contributed by atoms with Crippen LogP contribution >= 0.6 is 0 Å². The Morgan fingerprint density at radius 1 is 1.06 bits per heavy atom. The van der Waals surface area contributed by atoms with E-state index >= 15 is 0 Å². The molecule has 0 saturated carbocycles. The van der Waals surface area contributed by atoms with Gasteiger partial charge in [-0.2, -0.15) is 13.2 Å². The number of rotatable bonds is 5. The van der Waals surface area contributed by atoms with E-state index in [0.29, 0.717) is 41.9 Å². The number of fused-ring (bicyclic) bond motifs is 1. The summed E-state index contributed by atoms with van der Waals surface area (Å²) in [4.78, 5) is 13.4. The molecule has 2 unspecified atom stereocenters. The predicted octanol–water partition coefficient (Wildman–Crippen LogP) is 4.41. The van der Waals surface area contributed by atoms with Gasteiger partial charge in [0.25, 0.3) is 0 Å². The highest BCUT2D eigenvalue weighted by Gasteiger charge is 2.39. The van der Waals surface area contributed by atoms with Gasteiger partial charge in [0, 0.05) is 19.2 Å². The first kappa shape index (κ1) is 23.0. The van der Waals surface area contributed by atoms with Gasteiger partial charge in [-0.1, -0.05) is 18.2 Å². The van der Waals surface area contributed by atoms with Crippen molar-refractivity contribution in [2.24, 2.45) is 0 Å². The number of pyridine rings is 1. The van der Waals surface area contributed by atoms with Crippen molar-refractivity contribution in [3.05, 3.63) is 71.6 Å². The van der Waals surface area contributed by atoms with E-state index in [4.69, 9.17) is 9.47 Å². The van der Waals surface area contributed by atoms with Crippen LogP contribution in [0.4, 0.5) is 13.2 Å².